The number of ether oxygens (including phenoxy) is 1. The molecular weight excluding hydrogens is 400 g/mol. The van der Waals surface area contributed by atoms with Crippen molar-refractivity contribution in [3.05, 3.63) is 63.8 Å². The number of hydrogen-bond donors (Lipinski definition) is 0. The molecule has 5 nitrogen and oxygen atoms in total. The van der Waals surface area contributed by atoms with Gasteiger partial charge in [0.1, 0.15) is 11.4 Å². The van der Waals surface area contributed by atoms with Gasteiger partial charge in [0.15, 0.2) is 0 Å². The molecule has 156 valence electrons. The van der Waals surface area contributed by atoms with Gasteiger partial charge in [0, 0.05) is 18.1 Å². The van der Waals surface area contributed by atoms with E-state index in [2.05, 4.69) is 4.90 Å². The molecule has 0 N–H and O–H groups in total. The Morgan fingerprint density at radius 3 is 2.30 bits per heavy atom. The third-order valence-corrected chi connectivity index (χ3v) is 6.14. The van der Waals surface area contributed by atoms with Gasteiger partial charge in [-0.25, -0.2) is 4.90 Å². The van der Waals surface area contributed by atoms with E-state index < -0.39 is 0 Å². The highest BCUT2D eigenvalue weighted by molar-refractivity contribution is 6.46. The summed E-state index contributed by atoms with van der Waals surface area (Å²) in [6.07, 6.45) is 3.15. The Morgan fingerprint density at radius 2 is 1.63 bits per heavy atom. The number of benzene rings is 2. The van der Waals surface area contributed by atoms with Crippen molar-refractivity contribution < 1.29 is 14.3 Å². The number of hydrogen-bond acceptors (Lipinski definition) is 4. The first-order valence-corrected chi connectivity index (χ1v) is 10.6. The standard InChI is InChI=1S/C24H25ClN2O3/c1-15-7-8-17(13-16(15)2)21-22(26-11-5-4-6-12-26)24(29)27(23(21)28)19-14-18(25)9-10-20(19)30-3/h7-10,13-14H,4-6,11-12H2,1-3H3. The summed E-state index contributed by atoms with van der Waals surface area (Å²) >= 11 is 6.20. The first kappa shape index (κ1) is 20.5. The number of rotatable bonds is 4. The van der Waals surface area contributed by atoms with E-state index in [-0.39, 0.29) is 11.8 Å². The first-order chi connectivity index (χ1) is 14.4. The molecule has 0 bridgehead atoms. The minimum atomic E-state index is -0.343. The molecule has 0 saturated carbocycles. The van der Waals surface area contributed by atoms with E-state index in [1.54, 1.807) is 18.2 Å². The molecule has 0 aromatic heterocycles. The van der Waals surface area contributed by atoms with E-state index in [0.717, 1.165) is 49.0 Å². The van der Waals surface area contributed by atoms with Crippen LogP contribution in [0.5, 0.6) is 5.75 Å². The minimum absolute atomic E-state index is 0.323. The molecule has 0 aliphatic carbocycles. The van der Waals surface area contributed by atoms with E-state index in [0.29, 0.717) is 27.7 Å². The highest BCUT2D eigenvalue weighted by Crippen LogP contribution is 2.40. The maximum atomic E-state index is 13.7. The van der Waals surface area contributed by atoms with Crippen molar-refractivity contribution in [3.8, 4) is 5.75 Å². The van der Waals surface area contributed by atoms with Crippen LogP contribution in [-0.4, -0.2) is 36.9 Å². The van der Waals surface area contributed by atoms with Gasteiger partial charge in [0.25, 0.3) is 11.8 Å². The SMILES string of the molecule is COc1ccc(Cl)cc1N1C(=O)C(c2ccc(C)c(C)c2)=C(N2CCCCC2)C1=O. The summed E-state index contributed by atoms with van der Waals surface area (Å²) in [6, 6.07) is 10.9. The van der Waals surface area contributed by atoms with Crippen molar-refractivity contribution in [2.75, 3.05) is 25.1 Å². The van der Waals surface area contributed by atoms with Gasteiger partial charge < -0.3 is 9.64 Å². The van der Waals surface area contributed by atoms with Crippen LogP contribution in [0.1, 0.15) is 36.0 Å². The smallest absolute Gasteiger partial charge is 0.282 e. The maximum absolute atomic E-state index is 13.7. The molecule has 0 spiro atoms. The topological polar surface area (TPSA) is 49.9 Å². The van der Waals surface area contributed by atoms with E-state index in [1.165, 1.54) is 12.0 Å². The van der Waals surface area contributed by atoms with Gasteiger partial charge in [-0.15, -0.1) is 0 Å². The number of anilines is 1. The molecule has 6 heteroatoms. The number of likely N-dealkylation sites (tertiary alicyclic amines) is 1. The van der Waals surface area contributed by atoms with Crippen molar-refractivity contribution in [2.24, 2.45) is 0 Å². The lowest BCUT2D eigenvalue weighted by Crippen LogP contribution is -2.37. The third-order valence-electron chi connectivity index (χ3n) is 5.91. The average molecular weight is 425 g/mol. The highest BCUT2D eigenvalue weighted by atomic mass is 35.5. The van der Waals surface area contributed by atoms with Gasteiger partial charge in [-0.05, 0) is 68.0 Å². The zero-order valence-electron chi connectivity index (χ0n) is 17.5. The fourth-order valence-electron chi connectivity index (χ4n) is 4.14. The van der Waals surface area contributed by atoms with Crippen LogP contribution in [0.15, 0.2) is 42.1 Å². The monoisotopic (exact) mass is 424 g/mol. The minimum Gasteiger partial charge on any atom is -0.495 e. The summed E-state index contributed by atoms with van der Waals surface area (Å²) in [5, 5.41) is 0.436. The van der Waals surface area contributed by atoms with Crippen LogP contribution in [0.25, 0.3) is 5.57 Å². The summed E-state index contributed by atoms with van der Waals surface area (Å²) in [5.41, 5.74) is 4.28. The second-order valence-electron chi connectivity index (χ2n) is 7.83. The van der Waals surface area contributed by atoms with Crippen molar-refractivity contribution >= 4 is 34.7 Å². The summed E-state index contributed by atoms with van der Waals surface area (Å²) < 4.78 is 5.43. The third kappa shape index (κ3) is 3.47. The lowest BCUT2D eigenvalue weighted by molar-refractivity contribution is -0.120. The van der Waals surface area contributed by atoms with Gasteiger partial charge in [-0.3, -0.25) is 9.59 Å². The Bertz CT molecular complexity index is 1050. The quantitative estimate of drug-likeness (QED) is 0.665. The van der Waals surface area contributed by atoms with Gasteiger partial charge in [-0.1, -0.05) is 29.8 Å². The molecule has 4 rings (SSSR count). The lowest BCUT2D eigenvalue weighted by Gasteiger charge is -2.29. The molecule has 2 aliphatic rings. The number of methoxy groups -OCH3 is 1. The van der Waals surface area contributed by atoms with Gasteiger partial charge in [0.2, 0.25) is 0 Å². The van der Waals surface area contributed by atoms with Crippen molar-refractivity contribution in [2.45, 2.75) is 33.1 Å². The molecule has 0 radical (unpaired) electrons. The zero-order chi connectivity index (χ0) is 21.4. The molecular formula is C24H25ClN2O3. The fraction of sp³-hybridized carbons (Fsp3) is 0.333. The number of carbonyl (C=O) groups excluding carboxylic acids is 2. The number of nitrogens with zero attached hydrogens (tertiary/aromatic N) is 2. The van der Waals surface area contributed by atoms with Crippen LogP contribution < -0.4 is 9.64 Å². The molecule has 0 unspecified atom stereocenters. The summed E-state index contributed by atoms with van der Waals surface area (Å²) in [7, 11) is 1.51. The number of amides is 2. The first-order valence-electron chi connectivity index (χ1n) is 10.2. The average Bonchev–Trinajstić information content (AvgIpc) is 3.00. The van der Waals surface area contributed by atoms with Gasteiger partial charge in [-0.2, -0.15) is 0 Å². The fourth-order valence-corrected chi connectivity index (χ4v) is 4.31. The van der Waals surface area contributed by atoms with E-state index in [1.807, 2.05) is 32.0 Å². The molecule has 1 saturated heterocycles. The van der Waals surface area contributed by atoms with Crippen LogP contribution in [0.3, 0.4) is 0 Å². The Morgan fingerprint density at radius 1 is 0.900 bits per heavy atom. The number of piperidine rings is 1. The summed E-state index contributed by atoms with van der Waals surface area (Å²) in [5.74, 6) is -0.236. The molecule has 2 amide bonds. The molecule has 2 aliphatic heterocycles. The van der Waals surface area contributed by atoms with Crippen LogP contribution in [0, 0.1) is 13.8 Å². The largest absolute Gasteiger partial charge is 0.495 e. The number of aryl methyl sites for hydroxylation is 2. The van der Waals surface area contributed by atoms with Crippen molar-refractivity contribution in [1.82, 2.24) is 4.90 Å². The van der Waals surface area contributed by atoms with Gasteiger partial charge in [0.05, 0.1) is 18.4 Å². The Labute approximate surface area is 181 Å². The lowest BCUT2D eigenvalue weighted by atomic mass is 9.98. The van der Waals surface area contributed by atoms with E-state index in [9.17, 15) is 9.59 Å². The molecule has 1 fully saturated rings. The van der Waals surface area contributed by atoms with Crippen molar-refractivity contribution in [3.63, 3.8) is 0 Å². The number of halogens is 1. The summed E-state index contributed by atoms with van der Waals surface area (Å²) in [4.78, 5) is 30.6. The van der Waals surface area contributed by atoms with Crippen molar-refractivity contribution in [1.29, 1.82) is 0 Å². The molecule has 2 heterocycles. The summed E-state index contributed by atoms with van der Waals surface area (Å²) in [6.45, 7) is 5.58. The molecule has 2 aromatic rings. The molecule has 0 atom stereocenters. The van der Waals surface area contributed by atoms with Gasteiger partial charge >= 0.3 is 0 Å². The van der Waals surface area contributed by atoms with Crippen LogP contribution in [0.4, 0.5) is 5.69 Å². The predicted octanol–water partition coefficient (Wildman–Crippen LogP) is 4.74. The molecule has 2 aromatic carbocycles. The van der Waals surface area contributed by atoms with E-state index >= 15 is 0 Å². The molecule has 30 heavy (non-hydrogen) atoms. The normalized spacial score (nSPS) is 17.2. The van der Waals surface area contributed by atoms with Crippen LogP contribution in [0.2, 0.25) is 5.02 Å². The second-order valence-corrected chi connectivity index (χ2v) is 8.27. The maximum Gasteiger partial charge on any atom is 0.282 e. The highest BCUT2D eigenvalue weighted by Gasteiger charge is 2.43. The van der Waals surface area contributed by atoms with E-state index in [4.69, 9.17) is 16.3 Å². The van der Waals surface area contributed by atoms with Crippen LogP contribution >= 0.6 is 11.6 Å². The number of carbonyl (C=O) groups is 2. The Hall–Kier alpha value is -2.79. The predicted molar refractivity (Wildman–Crippen MR) is 119 cm³/mol. The zero-order valence-corrected chi connectivity index (χ0v) is 18.3. The van der Waals surface area contributed by atoms with Crippen LogP contribution in [-0.2, 0) is 9.59 Å². The Kier molecular flexibility index (Phi) is 5.56. The second kappa shape index (κ2) is 8.15. The Balaban J connectivity index is 1.88. The number of imide groups is 1.